The molecule has 0 bridgehead atoms. The van der Waals surface area contributed by atoms with Crippen LogP contribution in [0.25, 0.3) is 0 Å². The molecule has 1 aromatic carbocycles. The number of sulfone groups is 1. The molecule has 0 spiro atoms. The molecule has 0 unspecified atom stereocenters. The molecule has 1 heterocycles. The van der Waals surface area contributed by atoms with Crippen LogP contribution in [0, 0.1) is 0 Å². The van der Waals surface area contributed by atoms with Gasteiger partial charge in [0.1, 0.15) is 12.1 Å². The topological polar surface area (TPSA) is 152 Å². The van der Waals surface area contributed by atoms with Gasteiger partial charge in [-0.15, -0.1) is 0 Å². The van der Waals surface area contributed by atoms with Crippen molar-refractivity contribution in [2.75, 3.05) is 19.1 Å². The number of hydrogen-bond donors (Lipinski definition) is 1. The molecule has 1 N–H and O–H groups in total. The van der Waals surface area contributed by atoms with Crippen LogP contribution in [0.5, 0.6) is 0 Å². The number of sulfonamides is 1. The zero-order valence-corrected chi connectivity index (χ0v) is 16.2. The summed E-state index contributed by atoms with van der Waals surface area (Å²) < 4.78 is 76.7. The second-order valence-electron chi connectivity index (χ2n) is 5.77. The lowest BCUT2D eigenvalue weighted by molar-refractivity contribution is -0.142. The number of hydrogen-bond acceptors (Lipinski definition) is 8. The number of aliphatic carboxylic acids is 1. The summed E-state index contributed by atoms with van der Waals surface area (Å²) in [5.74, 6) is -1.57. The van der Waals surface area contributed by atoms with Crippen LogP contribution in [-0.2, 0) is 39.0 Å². The first-order valence-electron chi connectivity index (χ1n) is 7.16. The first-order valence-corrected chi connectivity index (χ1v) is 12.3. The van der Waals surface area contributed by atoms with Gasteiger partial charge in [-0.3, -0.25) is 8.98 Å². The molecule has 1 aliphatic heterocycles. The lowest BCUT2D eigenvalue weighted by atomic mass is 10.2. The molecule has 0 saturated carbocycles. The van der Waals surface area contributed by atoms with E-state index in [1.165, 1.54) is 12.1 Å². The minimum atomic E-state index is -4.39. The normalized spacial score (nSPS) is 22.4. The average Bonchev–Trinajstić information content (AvgIpc) is 2.89. The minimum Gasteiger partial charge on any atom is -0.480 e. The smallest absolute Gasteiger partial charge is 0.324 e. The highest BCUT2D eigenvalue weighted by Crippen LogP contribution is 2.30. The van der Waals surface area contributed by atoms with E-state index in [4.69, 9.17) is 4.18 Å². The van der Waals surface area contributed by atoms with E-state index in [9.17, 15) is 35.2 Å². The number of rotatable bonds is 6. The van der Waals surface area contributed by atoms with E-state index >= 15 is 0 Å². The number of carbonyl (C=O) groups is 1. The zero-order valence-electron chi connectivity index (χ0n) is 13.8. The molecule has 0 radical (unpaired) electrons. The van der Waals surface area contributed by atoms with Gasteiger partial charge in [-0.1, -0.05) is 6.07 Å². The van der Waals surface area contributed by atoms with Gasteiger partial charge in [0, 0.05) is 12.8 Å². The van der Waals surface area contributed by atoms with Crippen LogP contribution >= 0.6 is 0 Å². The molecule has 26 heavy (non-hydrogen) atoms. The minimum absolute atomic E-state index is 0.144. The average molecular weight is 427 g/mol. The van der Waals surface area contributed by atoms with Gasteiger partial charge in [-0.25, -0.2) is 16.8 Å². The fourth-order valence-corrected chi connectivity index (χ4v) is 5.67. The van der Waals surface area contributed by atoms with Crippen LogP contribution < -0.4 is 0 Å². The molecule has 0 aromatic heterocycles. The molecule has 2 rings (SSSR count). The van der Waals surface area contributed by atoms with Gasteiger partial charge in [-0.2, -0.15) is 12.7 Å². The lowest BCUT2D eigenvalue weighted by Crippen LogP contribution is -2.46. The predicted octanol–water partition coefficient (Wildman–Crippen LogP) is -0.717. The summed E-state index contributed by atoms with van der Waals surface area (Å²) in [6.07, 6.45) is 0.119. The Morgan fingerprint density at radius 2 is 1.69 bits per heavy atom. The summed E-state index contributed by atoms with van der Waals surface area (Å²) >= 11 is 0. The summed E-state index contributed by atoms with van der Waals surface area (Å²) in [6.45, 7) is -0.289. The highest BCUT2D eigenvalue weighted by atomic mass is 32.2. The Hall–Kier alpha value is -1.54. The largest absolute Gasteiger partial charge is 0.480 e. The number of nitrogens with zero attached hydrogens (tertiary/aromatic N) is 1. The van der Waals surface area contributed by atoms with Crippen molar-refractivity contribution < 1.29 is 39.3 Å². The Morgan fingerprint density at radius 1 is 1.12 bits per heavy atom. The van der Waals surface area contributed by atoms with Crippen molar-refractivity contribution in [3.8, 4) is 0 Å². The maximum atomic E-state index is 12.8. The summed E-state index contributed by atoms with van der Waals surface area (Å²) in [5.41, 5.74) is 0. The quantitative estimate of drug-likeness (QED) is 0.580. The standard InChI is InChI=1S/C13H17NO9S3/c1-24(17,18)9-4-3-5-10(8-9)26(21,22)14-7-6-11(12(14)13(15)16)23-25(2,19)20/h3-5,8,11-12H,6-7H2,1-2H3,(H,15,16)/t11-,12-/m0/s1. The number of carboxylic acid groups (broad SMARTS) is 1. The van der Waals surface area contributed by atoms with Crippen molar-refractivity contribution in [1.29, 1.82) is 0 Å². The van der Waals surface area contributed by atoms with Crippen molar-refractivity contribution in [1.82, 2.24) is 4.31 Å². The molecule has 0 aliphatic carbocycles. The summed E-state index contributed by atoms with van der Waals surface area (Å²) in [4.78, 5) is 10.9. The van der Waals surface area contributed by atoms with E-state index in [-0.39, 0.29) is 17.9 Å². The third kappa shape index (κ3) is 4.40. The highest BCUT2D eigenvalue weighted by Gasteiger charge is 2.48. The molecule has 1 saturated heterocycles. The van der Waals surface area contributed by atoms with Gasteiger partial charge in [0.25, 0.3) is 10.1 Å². The van der Waals surface area contributed by atoms with E-state index < -0.39 is 53.0 Å². The van der Waals surface area contributed by atoms with Gasteiger partial charge < -0.3 is 5.11 Å². The highest BCUT2D eigenvalue weighted by molar-refractivity contribution is 7.91. The molecule has 1 fully saturated rings. The Balaban J connectivity index is 2.47. The third-order valence-corrected chi connectivity index (χ3v) is 7.27. The SMILES string of the molecule is CS(=O)(=O)O[C@H]1CCN(S(=O)(=O)c2cccc(S(C)(=O)=O)c2)[C@@H]1C(=O)O. The van der Waals surface area contributed by atoms with E-state index in [2.05, 4.69) is 0 Å². The summed E-state index contributed by atoms with van der Waals surface area (Å²) in [6, 6.07) is 2.74. The van der Waals surface area contributed by atoms with E-state index in [0.717, 1.165) is 24.6 Å². The maximum Gasteiger partial charge on any atom is 0.324 e. The van der Waals surface area contributed by atoms with Gasteiger partial charge in [-0.05, 0) is 24.6 Å². The van der Waals surface area contributed by atoms with Crippen LogP contribution in [0.2, 0.25) is 0 Å². The van der Waals surface area contributed by atoms with Gasteiger partial charge in [0.15, 0.2) is 9.84 Å². The molecule has 13 heteroatoms. The number of benzene rings is 1. The van der Waals surface area contributed by atoms with Crippen LogP contribution in [0.1, 0.15) is 6.42 Å². The van der Waals surface area contributed by atoms with Gasteiger partial charge in [0.2, 0.25) is 10.0 Å². The lowest BCUT2D eigenvalue weighted by Gasteiger charge is -2.23. The van der Waals surface area contributed by atoms with E-state index in [1.54, 1.807) is 0 Å². The van der Waals surface area contributed by atoms with Crippen molar-refractivity contribution in [2.45, 2.75) is 28.4 Å². The van der Waals surface area contributed by atoms with Crippen LogP contribution in [-0.4, -0.2) is 71.8 Å². The Labute approximate surface area is 151 Å². The molecule has 1 aliphatic rings. The van der Waals surface area contributed by atoms with Crippen molar-refractivity contribution >= 4 is 35.9 Å². The van der Waals surface area contributed by atoms with Gasteiger partial charge >= 0.3 is 5.97 Å². The first kappa shape index (κ1) is 20.8. The molecule has 10 nitrogen and oxygen atoms in total. The molecule has 0 amide bonds. The Morgan fingerprint density at radius 3 is 2.19 bits per heavy atom. The Bertz CT molecular complexity index is 1030. The van der Waals surface area contributed by atoms with Crippen LogP contribution in [0.4, 0.5) is 0 Å². The fraction of sp³-hybridized carbons (Fsp3) is 0.462. The van der Waals surface area contributed by atoms with Crippen LogP contribution in [0.15, 0.2) is 34.1 Å². The van der Waals surface area contributed by atoms with Crippen molar-refractivity contribution in [3.63, 3.8) is 0 Å². The number of carboxylic acids is 1. The summed E-state index contributed by atoms with van der Waals surface area (Å²) in [5, 5.41) is 9.37. The Kier molecular flexibility index (Phi) is 5.50. The molecule has 146 valence electrons. The molecule has 1 aromatic rings. The maximum absolute atomic E-state index is 12.8. The van der Waals surface area contributed by atoms with Crippen LogP contribution in [0.3, 0.4) is 0 Å². The monoisotopic (exact) mass is 427 g/mol. The molecular weight excluding hydrogens is 410 g/mol. The first-order chi connectivity index (χ1) is 11.7. The predicted molar refractivity (Wildman–Crippen MR) is 89.2 cm³/mol. The molecular formula is C13H17NO9S3. The second-order valence-corrected chi connectivity index (χ2v) is 11.3. The third-order valence-electron chi connectivity index (χ3n) is 3.69. The van der Waals surface area contributed by atoms with Crippen molar-refractivity contribution in [2.24, 2.45) is 0 Å². The van der Waals surface area contributed by atoms with E-state index in [0.29, 0.717) is 4.31 Å². The van der Waals surface area contributed by atoms with E-state index in [1.807, 2.05) is 0 Å². The van der Waals surface area contributed by atoms with Crippen molar-refractivity contribution in [3.05, 3.63) is 24.3 Å². The summed E-state index contributed by atoms with van der Waals surface area (Å²) in [7, 11) is -12.1. The second kappa shape index (κ2) is 6.88. The fourth-order valence-electron chi connectivity index (χ4n) is 2.61. The molecule has 2 atom stereocenters. The van der Waals surface area contributed by atoms with Gasteiger partial charge in [0.05, 0.1) is 16.0 Å². The zero-order chi connectivity index (χ0) is 19.9.